The quantitative estimate of drug-likeness (QED) is 0.898. The van der Waals surface area contributed by atoms with E-state index in [9.17, 15) is 9.59 Å². The molecule has 2 fully saturated rings. The first-order valence-corrected chi connectivity index (χ1v) is 7.46. The van der Waals surface area contributed by atoms with Crippen LogP contribution in [0.5, 0.6) is 0 Å². The minimum Gasteiger partial charge on any atom is -0.381 e. The molecule has 2 aliphatic heterocycles. The molecule has 0 unspecified atom stereocenters. The van der Waals surface area contributed by atoms with Crippen LogP contribution in [-0.4, -0.2) is 43.0 Å². The van der Waals surface area contributed by atoms with E-state index in [-0.39, 0.29) is 17.7 Å². The molecule has 0 aromatic heterocycles. The second-order valence-corrected chi connectivity index (χ2v) is 5.71. The number of ether oxygens (including phenoxy) is 1. The van der Waals surface area contributed by atoms with Gasteiger partial charge >= 0.3 is 0 Å². The fourth-order valence-corrected chi connectivity index (χ4v) is 3.11. The molecular weight excluding hydrogens is 292 g/mol. The van der Waals surface area contributed by atoms with Gasteiger partial charge in [0.1, 0.15) is 6.04 Å². The Bertz CT molecular complexity index is 558. The molecule has 0 saturated carbocycles. The molecule has 0 radical (unpaired) electrons. The molecule has 2 amide bonds. The summed E-state index contributed by atoms with van der Waals surface area (Å²) in [5.41, 5.74) is 0.670. The second kappa shape index (κ2) is 6.03. The first-order chi connectivity index (χ1) is 10.2. The zero-order valence-electron chi connectivity index (χ0n) is 11.5. The Hall–Kier alpha value is -1.59. The highest BCUT2D eigenvalue weighted by Gasteiger charge is 2.38. The van der Waals surface area contributed by atoms with Crippen molar-refractivity contribution in [2.24, 2.45) is 5.92 Å². The van der Waals surface area contributed by atoms with Gasteiger partial charge in [-0.25, -0.2) is 0 Å². The van der Waals surface area contributed by atoms with E-state index in [0.717, 1.165) is 0 Å². The lowest BCUT2D eigenvalue weighted by Crippen LogP contribution is -2.53. The van der Waals surface area contributed by atoms with Crippen molar-refractivity contribution < 1.29 is 14.3 Å². The largest absolute Gasteiger partial charge is 0.381 e. The monoisotopic (exact) mass is 308 g/mol. The fourth-order valence-electron chi connectivity index (χ4n) is 2.87. The van der Waals surface area contributed by atoms with E-state index >= 15 is 0 Å². The topological polar surface area (TPSA) is 58.6 Å². The molecule has 5 nitrogen and oxygen atoms in total. The number of benzene rings is 1. The van der Waals surface area contributed by atoms with Crippen molar-refractivity contribution in [3.8, 4) is 0 Å². The van der Waals surface area contributed by atoms with Crippen LogP contribution in [0.15, 0.2) is 24.3 Å². The number of hydrogen-bond donors (Lipinski definition) is 1. The van der Waals surface area contributed by atoms with Crippen LogP contribution in [0.1, 0.15) is 18.0 Å². The maximum absolute atomic E-state index is 12.7. The van der Waals surface area contributed by atoms with Crippen molar-refractivity contribution in [3.05, 3.63) is 34.9 Å². The molecule has 2 saturated heterocycles. The van der Waals surface area contributed by atoms with E-state index in [1.807, 2.05) is 12.1 Å². The lowest BCUT2D eigenvalue weighted by molar-refractivity contribution is -0.146. The predicted octanol–water partition coefficient (Wildman–Crippen LogP) is 1.38. The number of nitrogens with zero attached hydrogens (tertiary/aromatic N) is 1. The van der Waals surface area contributed by atoms with E-state index in [4.69, 9.17) is 16.3 Å². The van der Waals surface area contributed by atoms with Gasteiger partial charge in [0.2, 0.25) is 11.8 Å². The molecule has 6 heteroatoms. The maximum Gasteiger partial charge on any atom is 0.247 e. The van der Waals surface area contributed by atoms with Crippen molar-refractivity contribution in [1.82, 2.24) is 10.2 Å². The van der Waals surface area contributed by atoms with Crippen molar-refractivity contribution in [1.29, 1.82) is 0 Å². The Balaban J connectivity index is 1.91. The molecule has 1 aromatic carbocycles. The van der Waals surface area contributed by atoms with Crippen LogP contribution in [-0.2, 0) is 14.3 Å². The van der Waals surface area contributed by atoms with E-state index < -0.39 is 6.04 Å². The third kappa shape index (κ3) is 2.76. The average Bonchev–Trinajstić information content (AvgIpc) is 3.01. The number of amides is 2. The number of carbonyl (C=O) groups excluding carboxylic acids is 2. The van der Waals surface area contributed by atoms with Gasteiger partial charge in [-0.05, 0) is 12.5 Å². The summed E-state index contributed by atoms with van der Waals surface area (Å²) in [5, 5.41) is 3.31. The number of piperazine rings is 1. The Morgan fingerprint density at radius 2 is 2.19 bits per heavy atom. The summed E-state index contributed by atoms with van der Waals surface area (Å²) in [6.45, 7) is 2.01. The molecule has 2 aliphatic rings. The van der Waals surface area contributed by atoms with Crippen molar-refractivity contribution >= 4 is 23.4 Å². The number of hydrogen-bond acceptors (Lipinski definition) is 3. The predicted molar refractivity (Wildman–Crippen MR) is 77.8 cm³/mol. The van der Waals surface area contributed by atoms with E-state index in [1.165, 1.54) is 0 Å². The molecule has 0 aliphatic carbocycles. The number of nitrogens with one attached hydrogen (secondary N) is 1. The maximum atomic E-state index is 12.7. The molecule has 3 rings (SSSR count). The summed E-state index contributed by atoms with van der Waals surface area (Å²) >= 11 is 6.21. The van der Waals surface area contributed by atoms with Crippen LogP contribution in [0.25, 0.3) is 0 Å². The highest BCUT2D eigenvalue weighted by Crippen LogP contribution is 2.31. The lowest BCUT2D eigenvalue weighted by atomic mass is 9.99. The number of carbonyl (C=O) groups is 2. The molecule has 112 valence electrons. The first-order valence-electron chi connectivity index (χ1n) is 7.09. The zero-order chi connectivity index (χ0) is 14.8. The van der Waals surface area contributed by atoms with E-state index in [1.54, 1.807) is 17.0 Å². The highest BCUT2D eigenvalue weighted by molar-refractivity contribution is 6.31. The van der Waals surface area contributed by atoms with Crippen LogP contribution in [0.3, 0.4) is 0 Å². The minimum atomic E-state index is -0.652. The first kappa shape index (κ1) is 14.4. The van der Waals surface area contributed by atoms with Crippen LogP contribution in [0.4, 0.5) is 0 Å². The fraction of sp³-hybridized carbons (Fsp3) is 0.467. The average molecular weight is 309 g/mol. The Morgan fingerprint density at radius 1 is 1.38 bits per heavy atom. The van der Waals surface area contributed by atoms with Crippen molar-refractivity contribution in [3.63, 3.8) is 0 Å². The molecule has 0 spiro atoms. The Kier molecular flexibility index (Phi) is 4.12. The van der Waals surface area contributed by atoms with Crippen LogP contribution in [0.2, 0.25) is 5.02 Å². The van der Waals surface area contributed by atoms with Crippen LogP contribution < -0.4 is 5.32 Å². The third-order valence-electron chi connectivity index (χ3n) is 3.97. The standard InChI is InChI=1S/C15H17ClN2O3/c16-12-4-2-1-3-11(12)13-14(19)17-6-7-18(13)15(20)10-5-8-21-9-10/h1-4,10,13H,5-9H2,(H,17,19)/t10-,13+/m0/s1. The van der Waals surface area contributed by atoms with Gasteiger partial charge in [-0.2, -0.15) is 0 Å². The van der Waals surface area contributed by atoms with Crippen molar-refractivity contribution in [2.75, 3.05) is 26.3 Å². The summed E-state index contributed by atoms with van der Waals surface area (Å²) in [4.78, 5) is 26.6. The van der Waals surface area contributed by atoms with Gasteiger partial charge < -0.3 is 15.0 Å². The third-order valence-corrected chi connectivity index (χ3v) is 4.32. The van der Waals surface area contributed by atoms with E-state index in [0.29, 0.717) is 43.3 Å². The van der Waals surface area contributed by atoms with Gasteiger partial charge in [-0.1, -0.05) is 29.8 Å². The molecule has 1 aromatic rings. The Morgan fingerprint density at radius 3 is 2.90 bits per heavy atom. The SMILES string of the molecule is O=C1NCCN(C(=O)[C@H]2CCOC2)[C@@H]1c1ccccc1Cl. The van der Waals surface area contributed by atoms with Gasteiger partial charge in [-0.3, -0.25) is 9.59 Å². The van der Waals surface area contributed by atoms with Crippen LogP contribution in [0, 0.1) is 5.92 Å². The summed E-state index contributed by atoms with van der Waals surface area (Å²) in [6, 6.07) is 6.51. The van der Waals surface area contributed by atoms with Gasteiger partial charge in [0.15, 0.2) is 0 Å². The number of rotatable bonds is 2. The summed E-state index contributed by atoms with van der Waals surface area (Å²) in [6.07, 6.45) is 0.714. The van der Waals surface area contributed by atoms with Crippen LogP contribution >= 0.6 is 11.6 Å². The molecule has 21 heavy (non-hydrogen) atoms. The molecule has 0 bridgehead atoms. The van der Waals surface area contributed by atoms with Gasteiger partial charge in [0, 0.05) is 30.3 Å². The molecule has 1 N–H and O–H groups in total. The molecule has 2 atom stereocenters. The normalized spacial score (nSPS) is 25.8. The summed E-state index contributed by atoms with van der Waals surface area (Å²) < 4.78 is 5.29. The smallest absolute Gasteiger partial charge is 0.247 e. The summed E-state index contributed by atoms with van der Waals surface area (Å²) in [7, 11) is 0. The Labute approximate surface area is 128 Å². The number of halogens is 1. The lowest BCUT2D eigenvalue weighted by Gasteiger charge is -2.36. The molecule has 2 heterocycles. The minimum absolute atomic E-state index is 0.0210. The van der Waals surface area contributed by atoms with E-state index in [2.05, 4.69) is 5.32 Å². The zero-order valence-corrected chi connectivity index (χ0v) is 12.3. The van der Waals surface area contributed by atoms with Gasteiger partial charge in [0.05, 0.1) is 12.5 Å². The summed E-state index contributed by atoms with van der Waals surface area (Å²) in [5.74, 6) is -0.352. The van der Waals surface area contributed by atoms with Gasteiger partial charge in [0.25, 0.3) is 0 Å². The van der Waals surface area contributed by atoms with Gasteiger partial charge in [-0.15, -0.1) is 0 Å². The second-order valence-electron chi connectivity index (χ2n) is 5.31. The molecular formula is C15H17ClN2O3. The highest BCUT2D eigenvalue weighted by atomic mass is 35.5. The van der Waals surface area contributed by atoms with Crippen molar-refractivity contribution in [2.45, 2.75) is 12.5 Å².